The molecule has 21 heavy (non-hydrogen) atoms. The van der Waals surface area contributed by atoms with Crippen molar-refractivity contribution in [3.8, 4) is 5.75 Å². The predicted molar refractivity (Wildman–Crippen MR) is 87.1 cm³/mol. The summed E-state index contributed by atoms with van der Waals surface area (Å²) < 4.78 is 6.64. The summed E-state index contributed by atoms with van der Waals surface area (Å²) in [7, 11) is 0. The summed E-state index contributed by atoms with van der Waals surface area (Å²) in [6.45, 7) is 5.34. The topological polar surface area (TPSA) is 47.0 Å². The highest BCUT2D eigenvalue weighted by Gasteiger charge is 2.05. The molecular formula is C16H17N3OS. The monoisotopic (exact) mass is 299 g/mol. The lowest BCUT2D eigenvalue weighted by molar-refractivity contribution is 0.341. The summed E-state index contributed by atoms with van der Waals surface area (Å²) >= 11 is 1.63. The molecule has 0 aliphatic heterocycles. The van der Waals surface area contributed by atoms with E-state index in [1.165, 1.54) is 0 Å². The van der Waals surface area contributed by atoms with Crippen molar-refractivity contribution >= 4 is 26.7 Å². The third-order valence-electron chi connectivity index (χ3n) is 3.04. The molecule has 2 aromatic heterocycles. The first kappa shape index (κ1) is 13.8. The molecule has 2 heterocycles. The fraction of sp³-hybridized carbons (Fsp3) is 0.250. The van der Waals surface area contributed by atoms with Gasteiger partial charge in [0.1, 0.15) is 5.75 Å². The van der Waals surface area contributed by atoms with E-state index in [0.717, 1.165) is 32.5 Å². The number of thiazole rings is 1. The van der Waals surface area contributed by atoms with Crippen LogP contribution in [0.1, 0.15) is 18.3 Å². The highest BCUT2D eigenvalue weighted by atomic mass is 32.1. The van der Waals surface area contributed by atoms with Crippen molar-refractivity contribution in [2.45, 2.75) is 20.4 Å². The Kier molecular flexibility index (Phi) is 4.01. The Bertz CT molecular complexity index is 754. The molecule has 1 N–H and O–H groups in total. The number of nitrogens with one attached hydrogen (secondary N) is 1. The largest absolute Gasteiger partial charge is 0.494 e. The fourth-order valence-electron chi connectivity index (χ4n) is 2.10. The van der Waals surface area contributed by atoms with Crippen LogP contribution in [0.2, 0.25) is 0 Å². The zero-order valence-electron chi connectivity index (χ0n) is 12.1. The van der Waals surface area contributed by atoms with E-state index in [0.29, 0.717) is 13.2 Å². The highest BCUT2D eigenvalue weighted by Crippen LogP contribution is 2.29. The number of fused-ring (bicyclic) bond motifs is 1. The molecule has 0 radical (unpaired) electrons. The maximum Gasteiger partial charge on any atom is 0.184 e. The van der Waals surface area contributed by atoms with E-state index in [-0.39, 0.29) is 0 Å². The van der Waals surface area contributed by atoms with Gasteiger partial charge in [-0.25, -0.2) is 4.98 Å². The van der Waals surface area contributed by atoms with Gasteiger partial charge in [0.2, 0.25) is 0 Å². The van der Waals surface area contributed by atoms with Gasteiger partial charge < -0.3 is 10.1 Å². The minimum absolute atomic E-state index is 0.675. The standard InChI is InChI=1S/C16H17N3OS/c1-3-20-13-7-8-14-15(9-13)21-16(19-14)17-10-12-6-4-5-11(2)18-12/h4-9H,3,10H2,1-2H3,(H,17,19). The van der Waals surface area contributed by atoms with Crippen LogP contribution in [0.5, 0.6) is 5.75 Å². The first-order valence-electron chi connectivity index (χ1n) is 6.94. The molecule has 0 aliphatic rings. The molecule has 0 spiro atoms. The van der Waals surface area contributed by atoms with Crippen molar-refractivity contribution in [3.05, 3.63) is 47.8 Å². The van der Waals surface area contributed by atoms with Crippen molar-refractivity contribution in [2.24, 2.45) is 0 Å². The molecule has 0 saturated heterocycles. The van der Waals surface area contributed by atoms with Crippen molar-refractivity contribution < 1.29 is 4.74 Å². The molecule has 4 nitrogen and oxygen atoms in total. The van der Waals surface area contributed by atoms with Crippen molar-refractivity contribution in [3.63, 3.8) is 0 Å². The lowest BCUT2D eigenvalue weighted by atomic mass is 10.3. The highest BCUT2D eigenvalue weighted by molar-refractivity contribution is 7.22. The summed E-state index contributed by atoms with van der Waals surface area (Å²) in [4.78, 5) is 9.05. The number of nitrogens with zero attached hydrogens (tertiary/aromatic N) is 2. The van der Waals surface area contributed by atoms with Crippen LogP contribution in [0, 0.1) is 6.92 Å². The maximum absolute atomic E-state index is 5.51. The number of hydrogen-bond donors (Lipinski definition) is 1. The van der Waals surface area contributed by atoms with E-state index in [1.807, 2.05) is 50.2 Å². The first-order valence-corrected chi connectivity index (χ1v) is 7.76. The van der Waals surface area contributed by atoms with Gasteiger partial charge in [0.25, 0.3) is 0 Å². The van der Waals surface area contributed by atoms with Gasteiger partial charge in [-0.2, -0.15) is 0 Å². The molecular weight excluding hydrogens is 282 g/mol. The Hall–Kier alpha value is -2.14. The molecule has 0 saturated carbocycles. The average Bonchev–Trinajstić information content (AvgIpc) is 2.88. The third-order valence-corrected chi connectivity index (χ3v) is 4.01. The van der Waals surface area contributed by atoms with Crippen LogP contribution in [0.4, 0.5) is 5.13 Å². The first-order chi connectivity index (χ1) is 10.2. The molecule has 108 valence electrons. The Morgan fingerprint density at radius 1 is 1.19 bits per heavy atom. The number of aryl methyl sites for hydroxylation is 1. The average molecular weight is 299 g/mol. The van der Waals surface area contributed by atoms with E-state index in [4.69, 9.17) is 4.74 Å². The minimum Gasteiger partial charge on any atom is -0.494 e. The second-order valence-electron chi connectivity index (χ2n) is 4.71. The Morgan fingerprint density at radius 3 is 2.90 bits per heavy atom. The number of anilines is 1. The zero-order valence-corrected chi connectivity index (χ0v) is 12.9. The molecule has 3 aromatic rings. The molecule has 5 heteroatoms. The lowest BCUT2D eigenvalue weighted by Gasteiger charge is -2.02. The summed E-state index contributed by atoms with van der Waals surface area (Å²) in [6.07, 6.45) is 0. The van der Waals surface area contributed by atoms with Gasteiger partial charge in [-0.05, 0) is 44.2 Å². The Labute approximate surface area is 127 Å². The number of aromatic nitrogens is 2. The van der Waals surface area contributed by atoms with Gasteiger partial charge in [0.15, 0.2) is 5.13 Å². The minimum atomic E-state index is 0.675. The van der Waals surface area contributed by atoms with Gasteiger partial charge in [0, 0.05) is 5.69 Å². The Morgan fingerprint density at radius 2 is 2.10 bits per heavy atom. The van der Waals surface area contributed by atoms with Gasteiger partial charge in [-0.3, -0.25) is 4.98 Å². The second kappa shape index (κ2) is 6.10. The fourth-order valence-corrected chi connectivity index (χ4v) is 2.99. The molecule has 0 fully saturated rings. The van der Waals surface area contributed by atoms with E-state index in [1.54, 1.807) is 11.3 Å². The molecule has 3 rings (SSSR count). The van der Waals surface area contributed by atoms with Crippen LogP contribution < -0.4 is 10.1 Å². The molecule has 0 atom stereocenters. The zero-order chi connectivity index (χ0) is 14.7. The van der Waals surface area contributed by atoms with Gasteiger partial charge in [-0.15, -0.1) is 0 Å². The number of pyridine rings is 1. The van der Waals surface area contributed by atoms with Crippen molar-refractivity contribution in [2.75, 3.05) is 11.9 Å². The molecule has 1 aromatic carbocycles. The number of ether oxygens (including phenoxy) is 1. The van der Waals surface area contributed by atoms with Crippen molar-refractivity contribution in [1.82, 2.24) is 9.97 Å². The normalized spacial score (nSPS) is 10.8. The predicted octanol–water partition coefficient (Wildman–Crippen LogP) is 4.01. The molecule has 0 amide bonds. The quantitative estimate of drug-likeness (QED) is 0.773. The van der Waals surface area contributed by atoms with Crippen LogP contribution in [0.3, 0.4) is 0 Å². The summed E-state index contributed by atoms with van der Waals surface area (Å²) in [6, 6.07) is 12.0. The van der Waals surface area contributed by atoms with E-state index < -0.39 is 0 Å². The van der Waals surface area contributed by atoms with E-state index in [9.17, 15) is 0 Å². The van der Waals surface area contributed by atoms with Gasteiger partial charge in [0.05, 0.1) is 29.1 Å². The van der Waals surface area contributed by atoms with Crippen LogP contribution in [-0.2, 0) is 6.54 Å². The lowest BCUT2D eigenvalue weighted by Crippen LogP contribution is -2.01. The van der Waals surface area contributed by atoms with Crippen LogP contribution >= 0.6 is 11.3 Å². The van der Waals surface area contributed by atoms with Crippen LogP contribution in [-0.4, -0.2) is 16.6 Å². The van der Waals surface area contributed by atoms with E-state index in [2.05, 4.69) is 15.3 Å². The molecule has 0 unspecified atom stereocenters. The number of benzene rings is 1. The van der Waals surface area contributed by atoms with Crippen LogP contribution in [0.25, 0.3) is 10.2 Å². The summed E-state index contributed by atoms with van der Waals surface area (Å²) in [5.41, 5.74) is 3.03. The van der Waals surface area contributed by atoms with Crippen LogP contribution in [0.15, 0.2) is 36.4 Å². The molecule has 0 aliphatic carbocycles. The van der Waals surface area contributed by atoms with Gasteiger partial charge in [-0.1, -0.05) is 17.4 Å². The SMILES string of the molecule is CCOc1ccc2nc(NCc3cccc(C)n3)sc2c1. The molecule has 0 bridgehead atoms. The van der Waals surface area contributed by atoms with Gasteiger partial charge >= 0.3 is 0 Å². The second-order valence-corrected chi connectivity index (χ2v) is 5.74. The van der Waals surface area contributed by atoms with E-state index >= 15 is 0 Å². The number of hydrogen-bond acceptors (Lipinski definition) is 5. The Balaban J connectivity index is 1.75. The summed E-state index contributed by atoms with van der Waals surface area (Å²) in [5, 5.41) is 4.24. The van der Waals surface area contributed by atoms with Crippen molar-refractivity contribution in [1.29, 1.82) is 0 Å². The smallest absolute Gasteiger partial charge is 0.184 e. The third kappa shape index (κ3) is 3.31. The maximum atomic E-state index is 5.51. The summed E-state index contributed by atoms with van der Waals surface area (Å²) in [5.74, 6) is 0.889. The number of rotatable bonds is 5.